The maximum absolute atomic E-state index is 13.4. The number of aromatic nitrogens is 1. The van der Waals surface area contributed by atoms with Gasteiger partial charge in [-0.1, -0.05) is 36.4 Å². The van der Waals surface area contributed by atoms with E-state index in [0.29, 0.717) is 17.6 Å². The Bertz CT molecular complexity index is 1890. The van der Waals surface area contributed by atoms with Crippen LogP contribution in [0.5, 0.6) is 0 Å². The molecule has 4 rings (SSSR count). The lowest BCUT2D eigenvalue weighted by Gasteiger charge is -2.22. The summed E-state index contributed by atoms with van der Waals surface area (Å²) in [5, 5.41) is 3.38. The molecule has 1 amide bonds. The number of amides is 1. The summed E-state index contributed by atoms with van der Waals surface area (Å²) in [5.41, 5.74) is 4.65. The van der Waals surface area contributed by atoms with E-state index < -0.39 is 30.5 Å². The largest absolute Gasteiger partial charge is 0.347 e. The van der Waals surface area contributed by atoms with E-state index in [9.17, 15) is 21.6 Å². The van der Waals surface area contributed by atoms with Crippen LogP contribution in [0.3, 0.4) is 0 Å². The monoisotopic (exact) mass is 604 g/mol. The molecule has 0 saturated heterocycles. The Labute approximate surface area is 248 Å². The molecule has 0 saturated carbocycles. The lowest BCUT2D eigenvalue weighted by atomic mass is 9.95. The van der Waals surface area contributed by atoms with Gasteiger partial charge in [-0.05, 0) is 98.8 Å². The van der Waals surface area contributed by atoms with Crippen molar-refractivity contribution in [1.82, 2.24) is 10.3 Å². The van der Waals surface area contributed by atoms with Gasteiger partial charge in [-0.2, -0.15) is 0 Å². The van der Waals surface area contributed by atoms with Gasteiger partial charge in [-0.3, -0.25) is 9.78 Å². The van der Waals surface area contributed by atoms with E-state index in [0.717, 1.165) is 39.4 Å². The standard InChI is InChI=1S/C33H36N2O5S2/c1-22(41(5,37)38)17-24-19-27-11-8-16-34-31(27)29(21-24)26-10-7-9-23(18-26)20-30(32(36)35-33(2,3)4)25-12-14-28(15-13-25)42(6,39)40/h7-16,18-22H,17H2,1-6H3,(H,35,36)/b30-20+. The molecule has 0 fully saturated rings. The molecule has 0 spiro atoms. The summed E-state index contributed by atoms with van der Waals surface area (Å²) in [4.78, 5) is 18.2. The fraction of sp³-hybridized carbons (Fsp3) is 0.273. The summed E-state index contributed by atoms with van der Waals surface area (Å²) >= 11 is 0. The van der Waals surface area contributed by atoms with Crippen molar-refractivity contribution in [1.29, 1.82) is 0 Å². The number of hydrogen-bond donors (Lipinski definition) is 1. The van der Waals surface area contributed by atoms with Crippen molar-refractivity contribution in [3.63, 3.8) is 0 Å². The molecule has 1 N–H and O–H groups in total. The maximum atomic E-state index is 13.4. The molecular formula is C33H36N2O5S2. The molecule has 4 aromatic rings. The van der Waals surface area contributed by atoms with Crippen LogP contribution in [0.25, 0.3) is 33.7 Å². The Morgan fingerprint density at radius 3 is 2.24 bits per heavy atom. The molecule has 1 unspecified atom stereocenters. The van der Waals surface area contributed by atoms with Crippen LogP contribution in [0, 0.1) is 0 Å². The molecule has 0 aliphatic carbocycles. The topological polar surface area (TPSA) is 110 Å². The fourth-order valence-corrected chi connectivity index (χ4v) is 5.73. The first kappa shape index (κ1) is 31.1. The molecule has 3 aromatic carbocycles. The van der Waals surface area contributed by atoms with Crippen LogP contribution >= 0.6 is 0 Å². The Morgan fingerprint density at radius 1 is 0.929 bits per heavy atom. The number of nitrogens with zero attached hydrogens (tertiary/aromatic N) is 1. The lowest BCUT2D eigenvalue weighted by molar-refractivity contribution is -0.116. The van der Waals surface area contributed by atoms with Gasteiger partial charge >= 0.3 is 0 Å². The SMILES string of the molecule is CC(Cc1cc(-c2cccc(/C=C(/C(=O)NC(C)(C)C)c3ccc(S(C)(=O)=O)cc3)c2)c2ncccc2c1)S(C)(=O)=O. The average Bonchev–Trinajstić information content (AvgIpc) is 2.89. The van der Waals surface area contributed by atoms with Gasteiger partial charge in [0.2, 0.25) is 0 Å². The Hall–Kier alpha value is -3.82. The number of carbonyl (C=O) groups excluding carboxylic acids is 1. The molecule has 220 valence electrons. The first-order chi connectivity index (χ1) is 19.5. The Balaban J connectivity index is 1.83. The Morgan fingerprint density at radius 2 is 1.62 bits per heavy atom. The second-order valence-corrected chi connectivity index (χ2v) is 16.2. The van der Waals surface area contributed by atoms with Crippen molar-refractivity contribution in [3.8, 4) is 11.1 Å². The number of hydrogen-bond acceptors (Lipinski definition) is 6. The second kappa shape index (κ2) is 11.8. The fourth-order valence-electron chi connectivity index (χ4n) is 4.61. The van der Waals surface area contributed by atoms with Gasteiger partial charge in [0.15, 0.2) is 9.84 Å². The number of benzene rings is 3. The first-order valence-electron chi connectivity index (χ1n) is 13.5. The highest BCUT2D eigenvalue weighted by Gasteiger charge is 2.20. The molecule has 0 aliphatic heterocycles. The number of fused-ring (bicyclic) bond motifs is 1. The van der Waals surface area contributed by atoms with E-state index >= 15 is 0 Å². The minimum Gasteiger partial charge on any atom is -0.347 e. The number of rotatable bonds is 8. The highest BCUT2D eigenvalue weighted by Crippen LogP contribution is 2.31. The predicted octanol–water partition coefficient (Wildman–Crippen LogP) is 5.74. The first-order valence-corrected chi connectivity index (χ1v) is 17.4. The van der Waals surface area contributed by atoms with Crippen LogP contribution in [0.2, 0.25) is 0 Å². The molecule has 0 radical (unpaired) electrons. The molecular weight excluding hydrogens is 569 g/mol. The van der Waals surface area contributed by atoms with Crippen molar-refractivity contribution >= 4 is 48.1 Å². The summed E-state index contributed by atoms with van der Waals surface area (Å²) in [7, 11) is -6.59. The van der Waals surface area contributed by atoms with Gasteiger partial charge in [-0.25, -0.2) is 16.8 Å². The third-order valence-electron chi connectivity index (χ3n) is 6.85. The third kappa shape index (κ3) is 7.72. The molecule has 9 heteroatoms. The van der Waals surface area contributed by atoms with Gasteiger partial charge in [0, 0.05) is 40.8 Å². The zero-order chi connectivity index (χ0) is 30.9. The summed E-state index contributed by atoms with van der Waals surface area (Å²) in [6.45, 7) is 7.39. The molecule has 1 heterocycles. The quantitative estimate of drug-likeness (QED) is 0.203. The van der Waals surface area contributed by atoms with Gasteiger partial charge in [-0.15, -0.1) is 0 Å². The third-order valence-corrected chi connectivity index (χ3v) is 9.61. The zero-order valence-electron chi connectivity index (χ0n) is 24.7. The van der Waals surface area contributed by atoms with Crippen LogP contribution in [0.4, 0.5) is 0 Å². The van der Waals surface area contributed by atoms with E-state index in [1.54, 1.807) is 31.3 Å². The summed E-state index contributed by atoms with van der Waals surface area (Å²) in [5.74, 6) is -0.288. The van der Waals surface area contributed by atoms with E-state index in [-0.39, 0.29) is 10.8 Å². The van der Waals surface area contributed by atoms with Gasteiger partial charge in [0.1, 0.15) is 9.84 Å². The molecule has 0 aliphatic rings. The lowest BCUT2D eigenvalue weighted by Crippen LogP contribution is -2.41. The smallest absolute Gasteiger partial charge is 0.252 e. The molecule has 7 nitrogen and oxygen atoms in total. The van der Waals surface area contributed by atoms with Crippen molar-refractivity contribution in [2.24, 2.45) is 0 Å². The average molecular weight is 605 g/mol. The van der Waals surface area contributed by atoms with Crippen molar-refractivity contribution in [2.75, 3.05) is 12.5 Å². The van der Waals surface area contributed by atoms with Gasteiger partial charge in [0.05, 0.1) is 15.7 Å². The second-order valence-electron chi connectivity index (χ2n) is 11.7. The highest BCUT2D eigenvalue weighted by atomic mass is 32.2. The summed E-state index contributed by atoms with van der Waals surface area (Å²) in [6.07, 6.45) is 6.27. The number of pyridine rings is 1. The van der Waals surface area contributed by atoms with Crippen LogP contribution < -0.4 is 5.32 Å². The van der Waals surface area contributed by atoms with Crippen molar-refractivity contribution in [3.05, 3.63) is 95.7 Å². The molecule has 1 atom stereocenters. The van der Waals surface area contributed by atoms with E-state index in [1.807, 2.05) is 69.3 Å². The minimum absolute atomic E-state index is 0.174. The molecule has 0 bridgehead atoms. The molecule has 42 heavy (non-hydrogen) atoms. The van der Waals surface area contributed by atoms with E-state index in [2.05, 4.69) is 10.3 Å². The normalized spacial score (nSPS) is 13.6. The van der Waals surface area contributed by atoms with Crippen LogP contribution in [-0.2, 0) is 30.9 Å². The van der Waals surface area contributed by atoms with Gasteiger partial charge in [0.25, 0.3) is 5.91 Å². The maximum Gasteiger partial charge on any atom is 0.252 e. The van der Waals surface area contributed by atoms with E-state index in [1.165, 1.54) is 18.4 Å². The summed E-state index contributed by atoms with van der Waals surface area (Å²) < 4.78 is 48.3. The number of carbonyl (C=O) groups is 1. The number of nitrogens with one attached hydrogen (secondary N) is 1. The van der Waals surface area contributed by atoms with Crippen molar-refractivity contribution in [2.45, 2.75) is 49.8 Å². The minimum atomic E-state index is -3.39. The van der Waals surface area contributed by atoms with Crippen LogP contribution in [0.1, 0.15) is 44.4 Å². The van der Waals surface area contributed by atoms with E-state index in [4.69, 9.17) is 0 Å². The van der Waals surface area contributed by atoms with Crippen LogP contribution in [0.15, 0.2) is 83.9 Å². The Kier molecular flexibility index (Phi) is 8.76. The highest BCUT2D eigenvalue weighted by molar-refractivity contribution is 7.91. The van der Waals surface area contributed by atoms with Crippen LogP contribution in [-0.4, -0.2) is 51.0 Å². The van der Waals surface area contributed by atoms with Crippen molar-refractivity contribution < 1.29 is 21.6 Å². The molecule has 1 aromatic heterocycles. The number of sulfone groups is 2. The zero-order valence-corrected chi connectivity index (χ0v) is 26.3. The van der Waals surface area contributed by atoms with Gasteiger partial charge < -0.3 is 5.32 Å². The summed E-state index contributed by atoms with van der Waals surface area (Å²) in [6, 6.07) is 21.8. The predicted molar refractivity (Wildman–Crippen MR) is 171 cm³/mol.